The summed E-state index contributed by atoms with van der Waals surface area (Å²) in [7, 11) is 3.12. The van der Waals surface area contributed by atoms with Crippen LogP contribution in [0.5, 0.6) is 5.75 Å². The molecule has 1 saturated heterocycles. The van der Waals surface area contributed by atoms with Gasteiger partial charge in [-0.15, -0.1) is 0 Å². The van der Waals surface area contributed by atoms with Crippen LogP contribution in [0.15, 0.2) is 54.6 Å². The lowest BCUT2D eigenvalue weighted by Crippen LogP contribution is -2.58. The highest BCUT2D eigenvalue weighted by molar-refractivity contribution is 6.38. The normalized spacial score (nSPS) is 21.6. The number of rotatable bonds is 12. The van der Waals surface area contributed by atoms with Crippen LogP contribution in [0, 0.1) is 5.92 Å². The van der Waals surface area contributed by atoms with E-state index >= 15 is 0 Å². The van der Waals surface area contributed by atoms with Crippen molar-refractivity contribution in [2.45, 2.75) is 108 Å². The first-order chi connectivity index (χ1) is 27.9. The lowest BCUT2D eigenvalue weighted by molar-refractivity contribution is -0.144. The third-order valence-electron chi connectivity index (χ3n) is 11.0. The van der Waals surface area contributed by atoms with Crippen molar-refractivity contribution in [3.05, 3.63) is 65.7 Å². The monoisotopic (exact) mass is 802 g/mol. The fraction of sp³-hybridized carbons (Fsp3) is 0.558. The van der Waals surface area contributed by atoms with Gasteiger partial charge in [0.1, 0.15) is 23.9 Å². The number of nitrogens with zero attached hydrogens (tertiary/aromatic N) is 2. The van der Waals surface area contributed by atoms with Crippen LogP contribution < -0.4 is 26.0 Å². The molecule has 1 aliphatic carbocycles. The molecule has 3 aliphatic heterocycles. The first kappa shape index (κ1) is 43.8. The van der Waals surface area contributed by atoms with Gasteiger partial charge in [-0.1, -0.05) is 75.1 Å². The maximum absolute atomic E-state index is 14.6. The number of carbonyl (C=O) groups is 7. The number of amides is 6. The summed E-state index contributed by atoms with van der Waals surface area (Å²) in [5.41, 5.74) is 1.51. The largest absolute Gasteiger partial charge is 0.494 e. The van der Waals surface area contributed by atoms with E-state index < -0.39 is 60.3 Å². The van der Waals surface area contributed by atoms with Crippen molar-refractivity contribution >= 4 is 41.2 Å². The van der Waals surface area contributed by atoms with Crippen LogP contribution in [-0.4, -0.2) is 116 Å². The lowest BCUT2D eigenvalue weighted by Gasteiger charge is -2.35. The number of aryl methyl sites for hydroxylation is 1. The molecule has 4 bridgehead atoms. The maximum Gasteiger partial charge on any atom is 0.290 e. The number of hydrogen-bond acceptors (Lipinski definition) is 9. The van der Waals surface area contributed by atoms with E-state index in [1.807, 2.05) is 24.3 Å². The Balaban J connectivity index is 1.28. The minimum absolute atomic E-state index is 0.102. The van der Waals surface area contributed by atoms with Gasteiger partial charge in [0, 0.05) is 39.9 Å². The second-order valence-electron chi connectivity index (χ2n) is 15.6. The number of carbonyl (C=O) groups excluding carboxylic acids is 7. The Hall–Kier alpha value is -5.31. The van der Waals surface area contributed by atoms with Crippen molar-refractivity contribution in [1.29, 1.82) is 0 Å². The molecule has 0 aromatic heterocycles. The molecule has 15 nitrogen and oxygen atoms in total. The highest BCUT2D eigenvalue weighted by Crippen LogP contribution is 2.30. The summed E-state index contributed by atoms with van der Waals surface area (Å²) in [6, 6.07) is 12.1. The molecule has 6 rings (SSSR count). The molecule has 1 saturated carbocycles. The molecule has 0 radical (unpaired) electrons. The Kier molecular flexibility index (Phi) is 16.2. The van der Waals surface area contributed by atoms with E-state index in [4.69, 9.17) is 9.47 Å². The highest BCUT2D eigenvalue weighted by Gasteiger charge is 2.45. The van der Waals surface area contributed by atoms with Crippen molar-refractivity contribution in [3.63, 3.8) is 0 Å². The van der Waals surface area contributed by atoms with Gasteiger partial charge in [0.25, 0.3) is 5.91 Å². The quantitative estimate of drug-likeness (QED) is 0.234. The van der Waals surface area contributed by atoms with Crippen molar-refractivity contribution < 1.29 is 43.0 Å². The molecule has 3 heterocycles. The molecule has 0 spiro atoms. The topological polar surface area (TPSA) is 193 Å². The summed E-state index contributed by atoms with van der Waals surface area (Å²) >= 11 is 0. The summed E-state index contributed by atoms with van der Waals surface area (Å²) in [6.07, 6.45) is 5.90. The van der Waals surface area contributed by atoms with Gasteiger partial charge in [0.2, 0.25) is 35.3 Å². The average Bonchev–Trinajstić information content (AvgIpc) is 3.67. The van der Waals surface area contributed by atoms with Crippen molar-refractivity contribution in [3.8, 4) is 5.75 Å². The Morgan fingerprint density at radius 2 is 1.62 bits per heavy atom. The molecule has 2 aromatic rings. The zero-order valence-electron chi connectivity index (χ0n) is 33.8. The number of nitrogens with one attached hydrogen (secondary N) is 4. The van der Waals surface area contributed by atoms with Crippen LogP contribution in [0.2, 0.25) is 0 Å². The van der Waals surface area contributed by atoms with E-state index in [1.54, 1.807) is 51.4 Å². The molecule has 6 amide bonds. The zero-order chi connectivity index (χ0) is 41.6. The first-order valence-electron chi connectivity index (χ1n) is 20.6. The van der Waals surface area contributed by atoms with E-state index in [2.05, 4.69) is 21.3 Å². The second kappa shape index (κ2) is 21.4. The molecule has 4 aliphatic rings. The van der Waals surface area contributed by atoms with Gasteiger partial charge in [0.15, 0.2) is 0 Å². The Labute approximate surface area is 340 Å². The summed E-state index contributed by atoms with van der Waals surface area (Å²) in [4.78, 5) is 97.4. The van der Waals surface area contributed by atoms with Crippen LogP contribution in [0.1, 0.15) is 88.3 Å². The smallest absolute Gasteiger partial charge is 0.290 e. The predicted octanol–water partition coefficient (Wildman–Crippen LogP) is 2.37. The van der Waals surface area contributed by atoms with Crippen LogP contribution >= 0.6 is 0 Å². The number of likely N-dealkylation sites (N-methyl/N-ethyl adjacent to an activating group) is 1. The van der Waals surface area contributed by atoms with E-state index in [1.165, 1.54) is 9.80 Å². The van der Waals surface area contributed by atoms with Gasteiger partial charge in [0.05, 0.1) is 31.9 Å². The predicted molar refractivity (Wildman–Crippen MR) is 214 cm³/mol. The van der Waals surface area contributed by atoms with Gasteiger partial charge in [-0.25, -0.2) is 0 Å². The van der Waals surface area contributed by atoms with Gasteiger partial charge in [-0.3, -0.25) is 33.6 Å². The Morgan fingerprint density at radius 3 is 2.31 bits per heavy atom. The first-order valence-corrected chi connectivity index (χ1v) is 20.6. The maximum atomic E-state index is 14.6. The molecule has 2 fully saturated rings. The SMILES string of the molecule is CCCC(NC(=O)[C@@H]1C[C@@H]2CN1C(=O)[C@H](C1CCCCC1)NC(=O)CCc1ccc(cc1)OCCCO2)C(=O)C(=O)NCC(=O)N[C@H](C(=O)N(C)C)c1ccccc1. The fourth-order valence-corrected chi connectivity index (χ4v) is 7.83. The minimum atomic E-state index is -1.24. The standard InChI is InChI=1S/C43H58N6O9/c1-4-12-33(39(52)41(54)44-26-36(51)47-37(42(55)48(2)3)29-13-7-5-8-14-29)45-40(53)34-25-32-27-49(34)43(56)38(30-15-9-6-10-16-30)46-35(50)22-19-28-17-20-31(21-18-28)57-23-11-24-58-32/h5,7-8,13-14,17-18,20-21,30,32-34,37-38H,4,6,9-12,15-16,19,22-27H2,1-3H3,(H,44,54)(H,45,53)(H,46,50)(H,47,51)/t32-,33?,34+,37+,38+/m1/s1. The van der Waals surface area contributed by atoms with Gasteiger partial charge >= 0.3 is 0 Å². The van der Waals surface area contributed by atoms with Crippen molar-refractivity contribution in [2.75, 3.05) is 40.4 Å². The van der Waals surface area contributed by atoms with Gasteiger partial charge < -0.3 is 40.5 Å². The summed E-state index contributed by atoms with van der Waals surface area (Å²) < 4.78 is 12.0. The third kappa shape index (κ3) is 12.1. The molecular weight excluding hydrogens is 745 g/mol. The van der Waals surface area contributed by atoms with E-state index in [-0.39, 0.29) is 49.4 Å². The number of fused-ring (bicyclic) bond motifs is 11. The van der Waals surface area contributed by atoms with Crippen LogP contribution in [0.4, 0.5) is 0 Å². The Bertz CT molecular complexity index is 1750. The molecule has 4 N–H and O–H groups in total. The minimum Gasteiger partial charge on any atom is -0.494 e. The van der Waals surface area contributed by atoms with Gasteiger partial charge in [-0.2, -0.15) is 0 Å². The second-order valence-corrected chi connectivity index (χ2v) is 15.6. The zero-order valence-corrected chi connectivity index (χ0v) is 33.8. The fourth-order valence-electron chi connectivity index (χ4n) is 7.83. The van der Waals surface area contributed by atoms with Gasteiger partial charge in [-0.05, 0) is 54.9 Å². The number of benzene rings is 2. The van der Waals surface area contributed by atoms with Crippen LogP contribution in [-0.2, 0) is 44.7 Å². The average molecular weight is 803 g/mol. The summed E-state index contributed by atoms with van der Waals surface area (Å²) in [5.74, 6) is -3.73. The molecule has 15 heteroatoms. The number of ether oxygens (including phenoxy) is 2. The molecule has 58 heavy (non-hydrogen) atoms. The van der Waals surface area contributed by atoms with Crippen LogP contribution in [0.3, 0.4) is 0 Å². The van der Waals surface area contributed by atoms with E-state index in [0.29, 0.717) is 43.8 Å². The molecule has 2 aromatic carbocycles. The van der Waals surface area contributed by atoms with Crippen LogP contribution in [0.25, 0.3) is 0 Å². The molecule has 1 unspecified atom stereocenters. The summed E-state index contributed by atoms with van der Waals surface area (Å²) in [5, 5.41) is 10.7. The van der Waals surface area contributed by atoms with Crippen molar-refractivity contribution in [2.24, 2.45) is 5.92 Å². The lowest BCUT2D eigenvalue weighted by atomic mass is 9.83. The molecular formula is C43H58N6O9. The third-order valence-corrected chi connectivity index (χ3v) is 11.0. The number of ketones is 1. The summed E-state index contributed by atoms with van der Waals surface area (Å²) in [6.45, 7) is 2.05. The van der Waals surface area contributed by atoms with E-state index in [9.17, 15) is 33.6 Å². The molecule has 314 valence electrons. The highest BCUT2D eigenvalue weighted by atomic mass is 16.5. The molecule has 5 atom stereocenters. The number of hydrogen-bond donors (Lipinski definition) is 4. The number of Topliss-reactive ketones (excluding diaryl/α,β-unsaturated/α-hetero) is 1. The van der Waals surface area contributed by atoms with E-state index in [0.717, 1.165) is 37.7 Å². The Morgan fingerprint density at radius 1 is 0.897 bits per heavy atom. The van der Waals surface area contributed by atoms with Crippen molar-refractivity contribution in [1.82, 2.24) is 31.1 Å².